The number of nitrogens with two attached hydrogens (primary N) is 2. The Labute approximate surface area is 65.0 Å². The second-order valence-electron chi connectivity index (χ2n) is 1.45. The Morgan fingerprint density at radius 1 is 1.64 bits per heavy atom. The molecule has 0 radical (unpaired) electrons. The Hall–Kier alpha value is -1.36. The molecule has 0 saturated heterocycles. The molecule has 5 nitrogen and oxygen atoms in total. The van der Waals surface area contributed by atoms with Crippen molar-refractivity contribution in [2.45, 2.75) is 13.3 Å². The normalized spacial score (nSPS) is 7.09. The Bertz CT molecular complexity index is 139. The lowest BCUT2D eigenvalue weighted by atomic mass is 10.5. The van der Waals surface area contributed by atoms with Gasteiger partial charge in [0, 0.05) is 6.42 Å². The van der Waals surface area contributed by atoms with E-state index in [0.717, 1.165) is 6.08 Å². The zero-order chi connectivity index (χ0) is 9.28. The summed E-state index contributed by atoms with van der Waals surface area (Å²) in [6.07, 6.45) is 1.40. The molecule has 0 aromatic carbocycles. The largest absolute Gasteiger partial charge is 0.373 e. The van der Waals surface area contributed by atoms with Crippen LogP contribution in [0.4, 0.5) is 0 Å². The molecule has 4 N–H and O–H groups in total. The highest BCUT2D eigenvalue weighted by molar-refractivity contribution is 5.84. The standard InChI is InChI=1S/C3H7NO2.C3H5NO/c1-2-3(5)6-4;1-2-3(4)5/h2,4H2,1H3;2H,1H2,(H2,4,5). The van der Waals surface area contributed by atoms with E-state index in [1.807, 2.05) is 0 Å². The molecular formula is C6H12N2O3. The lowest BCUT2D eigenvalue weighted by molar-refractivity contribution is -0.143. The molecule has 0 aliphatic heterocycles. The lowest BCUT2D eigenvalue weighted by Gasteiger charge is -1.85. The topological polar surface area (TPSA) is 95.4 Å². The summed E-state index contributed by atoms with van der Waals surface area (Å²) in [6.45, 7) is 4.76. The van der Waals surface area contributed by atoms with Crippen LogP contribution in [0.3, 0.4) is 0 Å². The molecule has 0 aliphatic carbocycles. The number of amides is 1. The van der Waals surface area contributed by atoms with Crippen molar-refractivity contribution in [2.75, 3.05) is 0 Å². The Morgan fingerprint density at radius 3 is 2.00 bits per heavy atom. The van der Waals surface area contributed by atoms with Crippen LogP contribution in [0, 0.1) is 0 Å². The maximum absolute atomic E-state index is 9.83. The number of carbonyl (C=O) groups is 2. The van der Waals surface area contributed by atoms with Crippen LogP contribution in [0.1, 0.15) is 13.3 Å². The predicted molar refractivity (Wildman–Crippen MR) is 40.0 cm³/mol. The Balaban J connectivity index is 0. The Morgan fingerprint density at radius 2 is 2.00 bits per heavy atom. The van der Waals surface area contributed by atoms with Gasteiger partial charge in [0.15, 0.2) is 0 Å². The molecule has 0 unspecified atom stereocenters. The molecule has 0 heterocycles. The zero-order valence-electron chi connectivity index (χ0n) is 6.37. The lowest BCUT2D eigenvalue weighted by Crippen LogP contribution is -2.07. The quantitative estimate of drug-likeness (QED) is 0.419. The molecule has 0 bridgehead atoms. The maximum Gasteiger partial charge on any atom is 0.324 e. The average molecular weight is 160 g/mol. The Kier molecular flexibility index (Phi) is 9.68. The molecular weight excluding hydrogens is 148 g/mol. The van der Waals surface area contributed by atoms with Gasteiger partial charge in [-0.05, 0) is 6.08 Å². The van der Waals surface area contributed by atoms with Gasteiger partial charge in [-0.2, -0.15) is 5.90 Å². The average Bonchev–Trinajstić information content (AvgIpc) is 2.04. The SMILES string of the molecule is C=CC(N)=O.CCC(=O)ON. The minimum atomic E-state index is -0.481. The van der Waals surface area contributed by atoms with E-state index in [-0.39, 0.29) is 5.97 Å². The van der Waals surface area contributed by atoms with Gasteiger partial charge < -0.3 is 10.6 Å². The third-order valence-corrected chi connectivity index (χ3v) is 0.621. The number of primary amides is 1. The highest BCUT2D eigenvalue weighted by Crippen LogP contribution is 1.73. The minimum absolute atomic E-state index is 0.344. The molecule has 0 saturated carbocycles. The van der Waals surface area contributed by atoms with Crippen LogP contribution in [0.25, 0.3) is 0 Å². The third-order valence-electron chi connectivity index (χ3n) is 0.621. The van der Waals surface area contributed by atoms with Crippen LogP contribution < -0.4 is 11.6 Å². The fourth-order valence-corrected chi connectivity index (χ4v) is 0.0833. The van der Waals surface area contributed by atoms with E-state index >= 15 is 0 Å². The summed E-state index contributed by atoms with van der Waals surface area (Å²) in [4.78, 5) is 23.1. The van der Waals surface area contributed by atoms with Crippen molar-refractivity contribution in [3.63, 3.8) is 0 Å². The monoisotopic (exact) mass is 160 g/mol. The molecule has 1 amide bonds. The first-order chi connectivity index (χ1) is 5.08. The van der Waals surface area contributed by atoms with Gasteiger partial charge in [-0.25, -0.2) is 0 Å². The van der Waals surface area contributed by atoms with Crippen molar-refractivity contribution in [3.8, 4) is 0 Å². The summed E-state index contributed by atoms with van der Waals surface area (Å²) in [5, 5.41) is 0. The minimum Gasteiger partial charge on any atom is -0.373 e. The van der Waals surface area contributed by atoms with Crippen LogP contribution in [-0.4, -0.2) is 11.9 Å². The number of hydrogen-bond donors (Lipinski definition) is 2. The first kappa shape index (κ1) is 12.3. The molecule has 0 aromatic rings. The molecule has 0 aliphatic rings. The second kappa shape index (κ2) is 8.64. The van der Waals surface area contributed by atoms with Crippen LogP contribution in [0.2, 0.25) is 0 Å². The molecule has 0 atom stereocenters. The molecule has 0 aromatic heterocycles. The number of hydrogen-bond acceptors (Lipinski definition) is 4. The van der Waals surface area contributed by atoms with E-state index in [1.54, 1.807) is 6.92 Å². The van der Waals surface area contributed by atoms with Crippen LogP contribution in [0.15, 0.2) is 12.7 Å². The molecule has 0 spiro atoms. The predicted octanol–water partition coefficient (Wildman–Crippen LogP) is -0.529. The fourth-order valence-electron chi connectivity index (χ4n) is 0.0833. The van der Waals surface area contributed by atoms with Gasteiger partial charge in [0.1, 0.15) is 0 Å². The summed E-state index contributed by atoms with van der Waals surface area (Å²) in [5.74, 6) is 3.57. The smallest absolute Gasteiger partial charge is 0.324 e. The van der Waals surface area contributed by atoms with Crippen molar-refractivity contribution < 1.29 is 14.4 Å². The summed E-state index contributed by atoms with van der Waals surface area (Å²) < 4.78 is 0. The van der Waals surface area contributed by atoms with Gasteiger partial charge in [0.25, 0.3) is 0 Å². The maximum atomic E-state index is 9.83. The molecule has 11 heavy (non-hydrogen) atoms. The van der Waals surface area contributed by atoms with Gasteiger partial charge in [-0.15, -0.1) is 0 Å². The van der Waals surface area contributed by atoms with Crippen molar-refractivity contribution in [1.82, 2.24) is 0 Å². The molecule has 0 fully saturated rings. The van der Waals surface area contributed by atoms with Crippen LogP contribution >= 0.6 is 0 Å². The van der Waals surface area contributed by atoms with E-state index < -0.39 is 5.91 Å². The number of carbonyl (C=O) groups excluding carboxylic acids is 2. The molecule has 0 rings (SSSR count). The van der Waals surface area contributed by atoms with Gasteiger partial charge in [-0.1, -0.05) is 13.5 Å². The van der Waals surface area contributed by atoms with Crippen LogP contribution in [0.5, 0.6) is 0 Å². The zero-order valence-corrected chi connectivity index (χ0v) is 6.37. The summed E-state index contributed by atoms with van der Waals surface area (Å²) in [5.41, 5.74) is 4.53. The molecule has 5 heteroatoms. The third kappa shape index (κ3) is 17.7. The van der Waals surface area contributed by atoms with Crippen molar-refractivity contribution in [2.24, 2.45) is 11.6 Å². The van der Waals surface area contributed by atoms with Gasteiger partial charge in [0.2, 0.25) is 5.91 Å². The van der Waals surface area contributed by atoms with E-state index in [9.17, 15) is 9.59 Å². The first-order valence-corrected chi connectivity index (χ1v) is 2.89. The highest BCUT2D eigenvalue weighted by Gasteiger charge is 1.88. The van der Waals surface area contributed by atoms with Crippen molar-refractivity contribution >= 4 is 11.9 Å². The summed E-state index contributed by atoms with van der Waals surface area (Å²) >= 11 is 0. The number of rotatable bonds is 2. The first-order valence-electron chi connectivity index (χ1n) is 2.89. The van der Waals surface area contributed by atoms with Gasteiger partial charge in [-0.3, -0.25) is 9.59 Å². The fraction of sp³-hybridized carbons (Fsp3) is 0.333. The van der Waals surface area contributed by atoms with Crippen molar-refractivity contribution in [1.29, 1.82) is 0 Å². The van der Waals surface area contributed by atoms with Crippen molar-refractivity contribution in [3.05, 3.63) is 12.7 Å². The highest BCUT2D eigenvalue weighted by atomic mass is 16.7. The van der Waals surface area contributed by atoms with E-state index in [4.69, 9.17) is 0 Å². The summed E-state index contributed by atoms with van der Waals surface area (Å²) in [6, 6.07) is 0. The van der Waals surface area contributed by atoms with Gasteiger partial charge in [0.05, 0.1) is 0 Å². The van der Waals surface area contributed by atoms with E-state index in [1.165, 1.54) is 0 Å². The molecule has 64 valence electrons. The summed E-state index contributed by atoms with van der Waals surface area (Å²) in [7, 11) is 0. The van der Waals surface area contributed by atoms with E-state index in [0.29, 0.717) is 6.42 Å². The van der Waals surface area contributed by atoms with Crippen LogP contribution in [-0.2, 0) is 14.4 Å². The van der Waals surface area contributed by atoms with E-state index in [2.05, 4.69) is 23.0 Å². The second-order valence-corrected chi connectivity index (χ2v) is 1.45. The van der Waals surface area contributed by atoms with Gasteiger partial charge >= 0.3 is 5.97 Å².